The maximum Gasteiger partial charge on any atom is 0.294 e. The van der Waals surface area contributed by atoms with E-state index in [4.69, 9.17) is 5.73 Å². The number of phenolic OH excluding ortho intramolecular Hbond substituents is 2. The number of fused-ring (bicyclic) bond motifs is 1. The quantitative estimate of drug-likeness (QED) is 0.159. The number of azo groups is 1. The number of aromatic hydroxyl groups is 2. The Kier molecular flexibility index (Phi) is 9.07. The van der Waals surface area contributed by atoms with Gasteiger partial charge in [-0.05, 0) is 35.7 Å². The molecule has 0 spiro atoms. The largest absolute Gasteiger partial charge is 0.507 e. The zero-order valence-electron chi connectivity index (χ0n) is 16.3. The number of phenols is 2. The van der Waals surface area contributed by atoms with Gasteiger partial charge >= 0.3 is 0 Å². The summed E-state index contributed by atoms with van der Waals surface area (Å²) in [6, 6.07) is 7.37. The molecule has 3 aromatic carbocycles. The molecular weight excluding hydrogens is 472 g/mol. The second kappa shape index (κ2) is 10.1. The number of nitrogens with two attached hydrogens (primary N) is 1. The molecule has 0 saturated carbocycles. The maximum atomic E-state index is 11.6. The van der Waals surface area contributed by atoms with Crippen LogP contribution in [-0.4, -0.2) is 95.3 Å². The predicted octanol–water partition coefficient (Wildman–Crippen LogP) is 1.98. The average molecular weight is 485 g/mol. The molecule has 0 saturated heterocycles. The predicted molar refractivity (Wildman–Crippen MR) is 113 cm³/mol. The van der Waals surface area contributed by atoms with Crippen LogP contribution in [0.15, 0.2) is 62.5 Å². The van der Waals surface area contributed by atoms with E-state index in [1.165, 1.54) is 18.2 Å². The SMILES string of the molecule is Nc1ccc(N=Nc2cc(S(=O)(=O)O)cc3cc(S(=O)(=O)O)cc(O)c23)c(O)c1.[Na].[Na]. The second-order valence-corrected chi connectivity index (χ2v) is 8.72. The van der Waals surface area contributed by atoms with E-state index in [-0.39, 0.29) is 92.7 Å². The summed E-state index contributed by atoms with van der Waals surface area (Å²) in [5, 5.41) is 27.4. The van der Waals surface area contributed by atoms with Gasteiger partial charge < -0.3 is 15.9 Å². The molecule has 3 rings (SSSR count). The molecule has 0 aromatic heterocycles. The molecule has 0 fully saturated rings. The molecule has 15 heteroatoms. The van der Waals surface area contributed by atoms with Gasteiger partial charge in [0.15, 0.2) is 0 Å². The number of nitrogens with zero attached hydrogens (tertiary/aromatic N) is 2. The van der Waals surface area contributed by atoms with E-state index in [9.17, 15) is 36.2 Å². The Balaban J connectivity index is 0.00000240. The van der Waals surface area contributed by atoms with Gasteiger partial charge in [0.05, 0.1) is 20.9 Å². The topological polar surface area (TPSA) is 200 Å². The smallest absolute Gasteiger partial charge is 0.294 e. The second-order valence-electron chi connectivity index (χ2n) is 5.88. The van der Waals surface area contributed by atoms with Crippen molar-refractivity contribution in [1.29, 1.82) is 0 Å². The van der Waals surface area contributed by atoms with E-state index in [0.29, 0.717) is 0 Å². The minimum Gasteiger partial charge on any atom is -0.507 e. The van der Waals surface area contributed by atoms with Crippen LogP contribution in [0, 0.1) is 0 Å². The van der Waals surface area contributed by atoms with Gasteiger partial charge in [0, 0.05) is 76.9 Å². The molecular formula is C16H13N3Na2O8S2. The van der Waals surface area contributed by atoms with Gasteiger partial charge in [-0.3, -0.25) is 9.11 Å². The van der Waals surface area contributed by atoms with Gasteiger partial charge in [-0.15, -0.1) is 10.2 Å². The van der Waals surface area contributed by atoms with Crippen molar-refractivity contribution in [2.45, 2.75) is 9.79 Å². The van der Waals surface area contributed by atoms with Crippen LogP contribution >= 0.6 is 0 Å². The normalized spacial score (nSPS) is 11.8. The summed E-state index contributed by atoms with van der Waals surface area (Å²) in [7, 11) is -9.45. The zero-order chi connectivity index (χ0) is 21.6. The van der Waals surface area contributed by atoms with E-state index in [1.54, 1.807) is 0 Å². The van der Waals surface area contributed by atoms with Crippen molar-refractivity contribution in [3.63, 3.8) is 0 Å². The number of anilines is 1. The van der Waals surface area contributed by atoms with Gasteiger partial charge in [-0.1, -0.05) is 0 Å². The first kappa shape index (κ1) is 27.8. The van der Waals surface area contributed by atoms with Crippen molar-refractivity contribution < 1.29 is 36.2 Å². The summed E-state index contributed by atoms with van der Waals surface area (Å²) in [6.07, 6.45) is 0. The van der Waals surface area contributed by atoms with Crippen LogP contribution in [0.4, 0.5) is 17.1 Å². The van der Waals surface area contributed by atoms with Crippen LogP contribution in [0.25, 0.3) is 10.8 Å². The third kappa shape index (κ3) is 6.38. The number of nitrogen functional groups attached to an aromatic ring is 1. The molecule has 0 aliphatic heterocycles. The van der Waals surface area contributed by atoms with Crippen LogP contribution in [0.2, 0.25) is 0 Å². The Labute approximate surface area is 221 Å². The first-order valence-corrected chi connectivity index (χ1v) is 10.5. The summed E-state index contributed by atoms with van der Waals surface area (Å²) in [5.74, 6) is -0.964. The van der Waals surface area contributed by atoms with Gasteiger partial charge in [0.2, 0.25) is 0 Å². The van der Waals surface area contributed by atoms with Crippen LogP contribution in [0.5, 0.6) is 11.5 Å². The number of benzene rings is 3. The summed E-state index contributed by atoms with van der Waals surface area (Å²) in [6.45, 7) is 0. The van der Waals surface area contributed by atoms with Crippen molar-refractivity contribution in [3.8, 4) is 11.5 Å². The van der Waals surface area contributed by atoms with Crippen molar-refractivity contribution >= 4 is 107 Å². The minimum atomic E-state index is -4.74. The van der Waals surface area contributed by atoms with Crippen molar-refractivity contribution in [2.24, 2.45) is 10.2 Å². The van der Waals surface area contributed by atoms with Gasteiger partial charge in [-0.25, -0.2) is 0 Å². The van der Waals surface area contributed by atoms with Gasteiger partial charge in [-0.2, -0.15) is 16.8 Å². The van der Waals surface area contributed by atoms with E-state index in [0.717, 1.165) is 24.3 Å². The monoisotopic (exact) mass is 485 g/mol. The maximum absolute atomic E-state index is 11.6. The molecule has 3 aromatic rings. The first-order chi connectivity index (χ1) is 13.4. The third-order valence-corrected chi connectivity index (χ3v) is 5.48. The summed E-state index contributed by atoms with van der Waals surface area (Å²) >= 11 is 0. The van der Waals surface area contributed by atoms with Crippen molar-refractivity contribution in [1.82, 2.24) is 0 Å². The molecule has 11 nitrogen and oxygen atoms in total. The Morgan fingerprint density at radius 2 is 1.23 bits per heavy atom. The van der Waals surface area contributed by atoms with E-state index in [2.05, 4.69) is 10.2 Å². The summed E-state index contributed by atoms with van der Waals surface area (Å²) in [5.41, 5.74) is 5.49. The van der Waals surface area contributed by atoms with Crippen molar-refractivity contribution in [3.05, 3.63) is 42.5 Å². The Morgan fingerprint density at radius 3 is 1.74 bits per heavy atom. The molecule has 0 aliphatic rings. The zero-order valence-corrected chi connectivity index (χ0v) is 21.9. The molecule has 154 valence electrons. The number of rotatable bonds is 4. The molecule has 0 atom stereocenters. The van der Waals surface area contributed by atoms with E-state index >= 15 is 0 Å². The standard InChI is InChI=1S/C16H13N3O8S2.2Na/c17-9-1-2-12(14(20)5-9)18-19-13-6-10(28(22,23)24)3-8-4-11(29(25,26)27)7-15(21)16(8)13;;/h1-7,20-21H,17H2,(H,22,23,24)(H,25,26,27);;. The first-order valence-electron chi connectivity index (χ1n) is 7.62. The number of hydrogen-bond acceptors (Lipinski definition) is 9. The third-order valence-electron chi connectivity index (χ3n) is 3.82. The molecule has 0 bridgehead atoms. The average Bonchev–Trinajstić information content (AvgIpc) is 2.58. The molecule has 6 N–H and O–H groups in total. The fourth-order valence-corrected chi connectivity index (χ4v) is 3.60. The molecule has 31 heavy (non-hydrogen) atoms. The summed E-state index contributed by atoms with van der Waals surface area (Å²) in [4.78, 5) is -1.36. The van der Waals surface area contributed by atoms with Crippen LogP contribution in [-0.2, 0) is 20.2 Å². The Bertz CT molecular complexity index is 1390. The fraction of sp³-hybridized carbons (Fsp3) is 0. The van der Waals surface area contributed by atoms with Crippen LogP contribution in [0.3, 0.4) is 0 Å². The Morgan fingerprint density at radius 1 is 0.710 bits per heavy atom. The molecule has 0 heterocycles. The minimum absolute atomic E-state index is 0. The molecule has 0 aliphatic carbocycles. The number of hydrogen-bond donors (Lipinski definition) is 5. The van der Waals surface area contributed by atoms with E-state index in [1.807, 2.05) is 0 Å². The summed E-state index contributed by atoms with van der Waals surface area (Å²) < 4.78 is 64.4. The van der Waals surface area contributed by atoms with Gasteiger partial charge in [0.25, 0.3) is 20.2 Å². The van der Waals surface area contributed by atoms with Crippen LogP contribution in [0.1, 0.15) is 0 Å². The Hall–Kier alpha value is -1.26. The fourth-order valence-electron chi connectivity index (χ4n) is 2.53. The molecule has 0 unspecified atom stereocenters. The molecule has 2 radical (unpaired) electrons. The van der Waals surface area contributed by atoms with E-state index < -0.39 is 35.8 Å². The molecule has 0 amide bonds. The van der Waals surface area contributed by atoms with Gasteiger partial charge in [0.1, 0.15) is 17.2 Å². The van der Waals surface area contributed by atoms with Crippen molar-refractivity contribution in [2.75, 3.05) is 5.73 Å². The van der Waals surface area contributed by atoms with Crippen LogP contribution < -0.4 is 5.73 Å².